The first-order valence-electron chi connectivity index (χ1n) is 14.9. The topological polar surface area (TPSA) is 147 Å². The Bertz CT molecular complexity index is 1230. The number of nitrogens with two attached hydrogens (primary N) is 1. The van der Waals surface area contributed by atoms with Gasteiger partial charge in [-0.15, -0.1) is 0 Å². The molecule has 0 aliphatic rings. The number of benzene rings is 2. The molecule has 0 unspecified atom stereocenters. The monoisotopic (exact) mass is 613 g/mol. The summed E-state index contributed by atoms with van der Waals surface area (Å²) in [4.78, 5) is 35.4. The number of anilines is 1. The first kappa shape index (κ1) is 36.3. The van der Waals surface area contributed by atoms with Crippen LogP contribution >= 0.6 is 0 Å². The van der Waals surface area contributed by atoms with Crippen LogP contribution in [0.5, 0.6) is 11.5 Å². The van der Waals surface area contributed by atoms with Gasteiger partial charge in [0.25, 0.3) is 11.8 Å². The second kappa shape index (κ2) is 20.9. The Morgan fingerprint density at radius 1 is 0.727 bits per heavy atom. The lowest BCUT2D eigenvalue weighted by Crippen LogP contribution is -2.30. The molecule has 2 amide bonds. The van der Waals surface area contributed by atoms with Crippen LogP contribution in [0.2, 0.25) is 0 Å². The van der Waals surface area contributed by atoms with Gasteiger partial charge in [0.1, 0.15) is 11.5 Å². The number of hydrogen-bond acceptors (Lipinski definition) is 9. The molecule has 0 heterocycles. The molecule has 0 fully saturated rings. The fourth-order valence-corrected chi connectivity index (χ4v) is 4.02. The van der Waals surface area contributed by atoms with Crippen LogP contribution in [0, 0.1) is 6.92 Å². The number of amides is 2. The maximum Gasteiger partial charge on any atom is 0.257 e. The third-order valence-electron chi connectivity index (χ3n) is 6.52. The minimum absolute atomic E-state index is 0.0296. The van der Waals surface area contributed by atoms with E-state index >= 15 is 0 Å². The Kier molecular flexibility index (Phi) is 17.2. The lowest BCUT2D eigenvalue weighted by atomic mass is 10.0. The van der Waals surface area contributed by atoms with Crippen LogP contribution in [-0.4, -0.2) is 83.5 Å². The number of carbonyl (C=O) groups is 3. The van der Waals surface area contributed by atoms with Crippen LogP contribution in [0.1, 0.15) is 55.1 Å². The third-order valence-corrected chi connectivity index (χ3v) is 6.52. The Balaban J connectivity index is 1.36. The highest BCUT2D eigenvalue weighted by Gasteiger charge is 2.08. The number of carbonyl (C=O) groups excluding carboxylic acids is 3. The summed E-state index contributed by atoms with van der Waals surface area (Å²) < 4.78 is 27.5. The molecule has 4 N–H and O–H groups in total. The summed E-state index contributed by atoms with van der Waals surface area (Å²) in [5.74, 6) is 0.543. The fraction of sp³-hybridized carbons (Fsp3) is 0.485. The molecule has 2 rings (SSSR count). The predicted molar refractivity (Wildman–Crippen MR) is 170 cm³/mol. The van der Waals surface area contributed by atoms with E-state index in [0.29, 0.717) is 88.3 Å². The van der Waals surface area contributed by atoms with Crippen molar-refractivity contribution in [3.8, 4) is 11.5 Å². The van der Waals surface area contributed by atoms with E-state index in [1.165, 1.54) is 24.1 Å². The minimum Gasteiger partial charge on any atom is -0.484 e. The van der Waals surface area contributed by atoms with Gasteiger partial charge in [-0.05, 0) is 81.5 Å². The second-order valence-electron chi connectivity index (χ2n) is 10.1. The van der Waals surface area contributed by atoms with Crippen molar-refractivity contribution in [2.24, 2.45) is 0 Å². The molecule has 44 heavy (non-hydrogen) atoms. The van der Waals surface area contributed by atoms with Gasteiger partial charge in [-0.1, -0.05) is 12.1 Å². The minimum atomic E-state index is -0.258. The van der Waals surface area contributed by atoms with Crippen LogP contribution in [-0.2, 0) is 23.8 Å². The SMILES string of the molecule is CC=C(C)c1ccc(OCC(=O)NCCCOCCOCCOCCCNC(=O)COc2ccc(C(C)=O)c(N)c2)cc1C. The van der Waals surface area contributed by atoms with Crippen molar-refractivity contribution in [2.75, 3.05) is 71.7 Å². The van der Waals surface area contributed by atoms with Crippen molar-refractivity contribution in [2.45, 2.75) is 40.5 Å². The molecule has 0 aliphatic carbocycles. The van der Waals surface area contributed by atoms with Gasteiger partial charge in [0.2, 0.25) is 0 Å². The number of nitrogen functional groups attached to an aromatic ring is 1. The maximum atomic E-state index is 12.0. The van der Waals surface area contributed by atoms with E-state index in [1.54, 1.807) is 12.1 Å². The summed E-state index contributed by atoms with van der Waals surface area (Å²) in [5.41, 5.74) is 10.0. The van der Waals surface area contributed by atoms with Crippen LogP contribution < -0.4 is 25.8 Å². The van der Waals surface area contributed by atoms with E-state index in [9.17, 15) is 14.4 Å². The lowest BCUT2D eigenvalue weighted by Gasteiger charge is -2.11. The van der Waals surface area contributed by atoms with E-state index in [1.807, 2.05) is 32.0 Å². The molecule has 0 spiro atoms. The number of ether oxygens (including phenoxy) is 5. The molecule has 0 aliphatic heterocycles. The second-order valence-corrected chi connectivity index (χ2v) is 10.1. The summed E-state index contributed by atoms with van der Waals surface area (Å²) in [6, 6.07) is 10.5. The van der Waals surface area contributed by atoms with Crippen molar-refractivity contribution < 1.29 is 38.1 Å². The average Bonchev–Trinajstić information content (AvgIpc) is 3.00. The molecular formula is C33H47N3O8. The molecule has 0 aromatic heterocycles. The van der Waals surface area contributed by atoms with Crippen molar-refractivity contribution in [3.05, 3.63) is 59.2 Å². The number of allylic oxidation sites excluding steroid dienone is 2. The van der Waals surface area contributed by atoms with Crippen LogP contribution in [0.15, 0.2) is 42.5 Å². The van der Waals surface area contributed by atoms with Gasteiger partial charge in [-0.25, -0.2) is 0 Å². The Hall–Kier alpha value is -3.93. The van der Waals surface area contributed by atoms with E-state index in [-0.39, 0.29) is 30.8 Å². The number of hydrogen-bond donors (Lipinski definition) is 3. The summed E-state index contributed by atoms with van der Waals surface area (Å²) in [5, 5.41) is 5.58. The van der Waals surface area contributed by atoms with Crippen LogP contribution in [0.3, 0.4) is 0 Å². The number of Topliss-reactive ketones (excluding diaryl/α,β-unsaturated/α-hetero) is 1. The molecule has 0 atom stereocenters. The van der Waals surface area contributed by atoms with Gasteiger partial charge in [0.15, 0.2) is 19.0 Å². The van der Waals surface area contributed by atoms with E-state index in [0.717, 1.165) is 5.56 Å². The van der Waals surface area contributed by atoms with E-state index < -0.39 is 0 Å². The largest absolute Gasteiger partial charge is 0.484 e. The van der Waals surface area contributed by atoms with Crippen molar-refractivity contribution in [1.29, 1.82) is 0 Å². The highest BCUT2D eigenvalue weighted by Crippen LogP contribution is 2.23. The van der Waals surface area contributed by atoms with E-state index in [4.69, 9.17) is 29.4 Å². The standard InChI is InChI=1S/C33H47N3O8/c1-5-24(2)29-10-8-27(20-25(29)3)43-22-32(38)35-12-6-14-40-16-18-42-19-17-41-15-7-13-36-33(39)23-44-28-9-11-30(26(4)37)31(34)21-28/h5,8-11,20-21H,6-7,12-19,22-23,34H2,1-4H3,(H,35,38)(H,36,39). The predicted octanol–water partition coefficient (Wildman–Crippen LogP) is 3.72. The van der Waals surface area contributed by atoms with Gasteiger partial charge < -0.3 is 40.1 Å². The normalized spacial score (nSPS) is 11.2. The highest BCUT2D eigenvalue weighted by molar-refractivity contribution is 5.99. The maximum absolute atomic E-state index is 12.0. The van der Waals surface area contributed by atoms with Crippen molar-refractivity contribution >= 4 is 28.9 Å². The van der Waals surface area contributed by atoms with Gasteiger partial charge >= 0.3 is 0 Å². The smallest absolute Gasteiger partial charge is 0.257 e. The van der Waals surface area contributed by atoms with E-state index in [2.05, 4.69) is 23.6 Å². The van der Waals surface area contributed by atoms with Gasteiger partial charge in [0, 0.05) is 43.6 Å². The summed E-state index contributed by atoms with van der Waals surface area (Å²) in [6.07, 6.45) is 3.41. The zero-order valence-corrected chi connectivity index (χ0v) is 26.4. The van der Waals surface area contributed by atoms with Crippen LogP contribution in [0.25, 0.3) is 5.57 Å². The molecule has 2 aromatic carbocycles. The molecule has 242 valence electrons. The Labute approximate surface area is 260 Å². The first-order chi connectivity index (χ1) is 21.2. The molecule has 0 saturated carbocycles. The summed E-state index contributed by atoms with van der Waals surface area (Å²) in [6.45, 7) is 11.1. The number of aryl methyl sites for hydroxylation is 1. The fourth-order valence-electron chi connectivity index (χ4n) is 4.02. The molecule has 0 radical (unpaired) electrons. The van der Waals surface area contributed by atoms with Gasteiger partial charge in [0.05, 0.1) is 26.4 Å². The molecule has 0 saturated heterocycles. The van der Waals surface area contributed by atoms with Crippen LogP contribution in [0.4, 0.5) is 5.69 Å². The van der Waals surface area contributed by atoms with Gasteiger partial charge in [-0.2, -0.15) is 0 Å². The van der Waals surface area contributed by atoms with Crippen molar-refractivity contribution in [3.63, 3.8) is 0 Å². The zero-order valence-electron chi connectivity index (χ0n) is 26.4. The molecular weight excluding hydrogens is 566 g/mol. The van der Waals surface area contributed by atoms with Gasteiger partial charge in [-0.3, -0.25) is 14.4 Å². The number of rotatable bonds is 22. The molecule has 11 nitrogen and oxygen atoms in total. The Morgan fingerprint density at radius 3 is 1.66 bits per heavy atom. The first-order valence-corrected chi connectivity index (χ1v) is 14.9. The summed E-state index contributed by atoms with van der Waals surface area (Å²) >= 11 is 0. The molecule has 2 aromatic rings. The number of nitrogens with one attached hydrogen (secondary N) is 2. The highest BCUT2D eigenvalue weighted by atomic mass is 16.5. The van der Waals surface area contributed by atoms with Crippen molar-refractivity contribution in [1.82, 2.24) is 10.6 Å². The zero-order chi connectivity index (χ0) is 32.2. The summed E-state index contributed by atoms with van der Waals surface area (Å²) in [7, 11) is 0. The quantitative estimate of drug-likeness (QED) is 0.103. The lowest BCUT2D eigenvalue weighted by molar-refractivity contribution is -0.123. The molecule has 11 heteroatoms. The molecule has 0 bridgehead atoms. The number of ketones is 1. The average molecular weight is 614 g/mol. The third kappa shape index (κ3) is 14.5. The Morgan fingerprint density at radius 2 is 1.20 bits per heavy atom.